The molecule has 2 aliphatic heterocycles. The molecule has 0 aliphatic carbocycles. The molecule has 150 valence electrons. The molecule has 2 atom stereocenters. The third-order valence-electron chi connectivity index (χ3n) is 4.97. The molecule has 1 fully saturated rings. The van der Waals surface area contributed by atoms with Crippen molar-refractivity contribution in [2.75, 3.05) is 4.90 Å². The van der Waals surface area contributed by atoms with Crippen LogP contribution < -0.4 is 4.90 Å². The predicted octanol–water partition coefficient (Wildman–Crippen LogP) is 2.68. The molecule has 0 saturated carbocycles. The summed E-state index contributed by atoms with van der Waals surface area (Å²) in [6.07, 6.45) is 0. The van der Waals surface area contributed by atoms with Gasteiger partial charge in [-0.3, -0.25) is 14.6 Å². The number of hydrogen-bond acceptors (Lipinski definition) is 8. The van der Waals surface area contributed by atoms with Crippen molar-refractivity contribution in [1.29, 1.82) is 0 Å². The number of fused-ring (bicyclic) bond motifs is 1. The molecule has 2 aromatic carbocycles. The number of nitrogens with zero attached hydrogens (tertiary/aromatic N) is 6. The lowest BCUT2D eigenvalue weighted by Crippen LogP contribution is -2.39. The monoisotopic (exact) mass is 406 g/mol. The number of imide groups is 1. The highest BCUT2D eigenvalue weighted by Crippen LogP contribution is 2.33. The summed E-state index contributed by atoms with van der Waals surface area (Å²) in [6.45, 7) is 1.97. The maximum atomic E-state index is 13.6. The van der Waals surface area contributed by atoms with Crippen molar-refractivity contribution in [1.82, 2.24) is 15.1 Å². The largest absolute Gasteiger partial charge is 0.337 e. The molecule has 1 saturated heterocycles. The van der Waals surface area contributed by atoms with Gasteiger partial charge >= 0.3 is 0 Å². The van der Waals surface area contributed by atoms with Gasteiger partial charge in [-0.25, -0.2) is 9.29 Å². The Bertz CT molecular complexity index is 1190. The zero-order valence-corrected chi connectivity index (χ0v) is 15.8. The number of aryl methyl sites for hydroxylation is 1. The van der Waals surface area contributed by atoms with Crippen LogP contribution in [0.15, 0.2) is 63.4 Å². The summed E-state index contributed by atoms with van der Waals surface area (Å²) >= 11 is 0. The minimum Gasteiger partial charge on any atom is -0.337 e. The van der Waals surface area contributed by atoms with Crippen molar-refractivity contribution in [3.05, 3.63) is 65.8 Å². The van der Waals surface area contributed by atoms with Crippen molar-refractivity contribution >= 4 is 17.5 Å². The van der Waals surface area contributed by atoms with Crippen LogP contribution in [0.5, 0.6) is 0 Å². The Morgan fingerprint density at radius 3 is 2.73 bits per heavy atom. The molecule has 0 bridgehead atoms. The predicted molar refractivity (Wildman–Crippen MR) is 101 cm³/mol. The number of rotatable bonds is 4. The molecule has 0 N–H and O–H groups in total. The Balaban J connectivity index is 1.37. The van der Waals surface area contributed by atoms with E-state index in [1.165, 1.54) is 23.2 Å². The number of carbonyl (C=O) groups is 2. The van der Waals surface area contributed by atoms with Gasteiger partial charge in [0.15, 0.2) is 12.1 Å². The Hall–Kier alpha value is -3.95. The van der Waals surface area contributed by atoms with E-state index >= 15 is 0 Å². The van der Waals surface area contributed by atoms with Crippen molar-refractivity contribution in [3.8, 4) is 11.4 Å². The lowest BCUT2D eigenvalue weighted by atomic mass is 10.1. The molecular weight excluding hydrogens is 391 g/mol. The van der Waals surface area contributed by atoms with E-state index in [1.54, 1.807) is 0 Å². The first-order valence-electron chi connectivity index (χ1n) is 9.22. The van der Waals surface area contributed by atoms with E-state index in [2.05, 4.69) is 20.5 Å². The second-order valence-electron chi connectivity index (χ2n) is 7.07. The molecule has 3 heterocycles. The molecule has 9 nitrogen and oxygen atoms in total. The summed E-state index contributed by atoms with van der Waals surface area (Å²) in [5, 5.41) is 13.2. The topological polar surface area (TPSA) is 104 Å². The van der Waals surface area contributed by atoms with E-state index in [0.29, 0.717) is 5.82 Å². The maximum Gasteiger partial charge on any atom is 0.263 e. The first kappa shape index (κ1) is 18.1. The van der Waals surface area contributed by atoms with Crippen LogP contribution >= 0.6 is 0 Å². The standard InChI is InChI=1S/C20H15FN6O3/c1-11-4-2-5-12(8-11)18-22-15(30-24-18)10-26-17-16(23-25-26)19(28)27(20(17)29)14-7-3-6-13(21)9-14/h2-9,16-17H,10H2,1H3/t16-,17+/m0/s1. The summed E-state index contributed by atoms with van der Waals surface area (Å²) in [5.41, 5.74) is 2.02. The number of hydrogen-bond donors (Lipinski definition) is 0. The van der Waals surface area contributed by atoms with Crippen LogP contribution in [0.1, 0.15) is 11.5 Å². The van der Waals surface area contributed by atoms with Gasteiger partial charge in [-0.2, -0.15) is 10.1 Å². The first-order valence-corrected chi connectivity index (χ1v) is 9.22. The zero-order valence-electron chi connectivity index (χ0n) is 15.8. The molecule has 10 heteroatoms. The SMILES string of the molecule is Cc1cccc(-c2noc(CN3N=N[C@@H]4C(=O)N(c5cccc(F)c5)C(=O)[C@@H]43)n2)c1. The van der Waals surface area contributed by atoms with Gasteiger partial charge in [0.1, 0.15) is 12.4 Å². The van der Waals surface area contributed by atoms with Gasteiger partial charge in [-0.15, -0.1) is 0 Å². The van der Waals surface area contributed by atoms with Gasteiger partial charge < -0.3 is 4.52 Å². The lowest BCUT2D eigenvalue weighted by molar-refractivity contribution is -0.123. The van der Waals surface area contributed by atoms with Crippen LogP contribution in [0.4, 0.5) is 10.1 Å². The fourth-order valence-electron chi connectivity index (χ4n) is 3.58. The van der Waals surface area contributed by atoms with Gasteiger partial charge in [0, 0.05) is 5.56 Å². The number of benzene rings is 2. The van der Waals surface area contributed by atoms with Crippen LogP contribution in [0.2, 0.25) is 0 Å². The van der Waals surface area contributed by atoms with Crippen LogP contribution in [-0.2, 0) is 16.1 Å². The minimum atomic E-state index is -0.986. The van der Waals surface area contributed by atoms with Gasteiger partial charge in [0.05, 0.1) is 5.69 Å². The Morgan fingerprint density at radius 1 is 1.10 bits per heavy atom. The van der Waals surface area contributed by atoms with Crippen LogP contribution in [0.25, 0.3) is 11.4 Å². The average Bonchev–Trinajstić information content (AvgIpc) is 3.41. The summed E-state index contributed by atoms with van der Waals surface area (Å²) in [6, 6.07) is 11.0. The highest BCUT2D eigenvalue weighted by molar-refractivity contribution is 6.25. The minimum absolute atomic E-state index is 0.0134. The van der Waals surface area contributed by atoms with E-state index in [0.717, 1.165) is 22.1 Å². The smallest absolute Gasteiger partial charge is 0.263 e. The molecule has 0 radical (unpaired) electrons. The van der Waals surface area contributed by atoms with Crippen LogP contribution in [0, 0.1) is 12.7 Å². The van der Waals surface area contributed by atoms with E-state index < -0.39 is 29.7 Å². The van der Waals surface area contributed by atoms with E-state index in [-0.39, 0.29) is 18.1 Å². The second kappa shape index (κ2) is 6.83. The number of anilines is 1. The lowest BCUT2D eigenvalue weighted by Gasteiger charge is -2.19. The number of carbonyl (C=O) groups excluding carboxylic acids is 2. The van der Waals surface area contributed by atoms with Gasteiger partial charge in [-0.05, 0) is 31.2 Å². The fourth-order valence-corrected chi connectivity index (χ4v) is 3.58. The number of halogens is 1. The van der Waals surface area contributed by atoms with Crippen molar-refractivity contribution in [2.24, 2.45) is 10.3 Å². The number of amides is 2. The second-order valence-corrected chi connectivity index (χ2v) is 7.07. The Kier molecular flexibility index (Phi) is 4.12. The van der Waals surface area contributed by atoms with Crippen molar-refractivity contribution < 1.29 is 18.5 Å². The third-order valence-corrected chi connectivity index (χ3v) is 4.97. The molecule has 5 rings (SSSR count). The van der Waals surface area contributed by atoms with E-state index in [9.17, 15) is 14.0 Å². The summed E-state index contributed by atoms with van der Waals surface area (Å²) in [4.78, 5) is 30.9. The molecule has 1 aromatic heterocycles. The van der Waals surface area contributed by atoms with Gasteiger partial charge in [0.2, 0.25) is 11.7 Å². The van der Waals surface area contributed by atoms with Gasteiger partial charge in [-0.1, -0.05) is 40.2 Å². The molecule has 3 aromatic rings. The van der Waals surface area contributed by atoms with Gasteiger partial charge in [0.25, 0.3) is 11.8 Å². The first-order chi connectivity index (χ1) is 14.5. The molecule has 0 spiro atoms. The third kappa shape index (κ3) is 2.93. The Morgan fingerprint density at radius 2 is 1.93 bits per heavy atom. The normalized spacial score (nSPS) is 20.3. The quantitative estimate of drug-likeness (QED) is 0.617. The average molecular weight is 406 g/mol. The molecule has 2 aliphatic rings. The molecular formula is C20H15FN6O3. The highest BCUT2D eigenvalue weighted by atomic mass is 19.1. The van der Waals surface area contributed by atoms with Crippen molar-refractivity contribution in [2.45, 2.75) is 25.6 Å². The zero-order chi connectivity index (χ0) is 20.8. The van der Waals surface area contributed by atoms with Crippen molar-refractivity contribution in [3.63, 3.8) is 0 Å². The Labute approximate surface area is 169 Å². The van der Waals surface area contributed by atoms with E-state index in [1.807, 2.05) is 31.2 Å². The maximum absolute atomic E-state index is 13.6. The van der Waals surface area contributed by atoms with Crippen LogP contribution in [-0.4, -0.2) is 39.0 Å². The summed E-state index contributed by atoms with van der Waals surface area (Å²) < 4.78 is 18.9. The highest BCUT2D eigenvalue weighted by Gasteiger charge is 2.55. The van der Waals surface area contributed by atoms with Crippen LogP contribution in [0.3, 0.4) is 0 Å². The molecule has 0 unspecified atom stereocenters. The summed E-state index contributed by atoms with van der Waals surface area (Å²) in [7, 11) is 0. The molecule has 30 heavy (non-hydrogen) atoms. The fraction of sp³-hybridized carbons (Fsp3) is 0.200. The molecule has 2 amide bonds. The number of aromatic nitrogens is 2. The van der Waals surface area contributed by atoms with E-state index in [4.69, 9.17) is 4.52 Å². The summed E-state index contributed by atoms with van der Waals surface area (Å²) in [5.74, 6) is -0.975.